The third-order valence-electron chi connectivity index (χ3n) is 7.89. The highest BCUT2D eigenvalue weighted by molar-refractivity contribution is 7.86. The molecular weight excluding hydrogens is 595 g/mol. The highest BCUT2D eigenvalue weighted by Gasteiger charge is 2.39. The van der Waals surface area contributed by atoms with E-state index >= 15 is 0 Å². The third kappa shape index (κ3) is 5.46. The molecule has 7 rings (SSSR count). The number of hydrogen-bond acceptors (Lipinski definition) is 3. The molecule has 1 heterocycles. The monoisotopic (exact) mass is 619 g/mol. The van der Waals surface area contributed by atoms with Crippen LogP contribution in [0.4, 0.5) is 13.2 Å². The molecule has 0 amide bonds. The summed E-state index contributed by atoms with van der Waals surface area (Å²) in [5, 5.41) is 0.763. The van der Waals surface area contributed by atoms with Gasteiger partial charge < -0.3 is 4.55 Å². The first-order valence-electron chi connectivity index (χ1n) is 13.7. The predicted molar refractivity (Wildman–Crippen MR) is 160 cm³/mol. The Labute approximate surface area is 252 Å². The number of halogens is 4. The Morgan fingerprint density at radius 2 is 1.09 bits per heavy atom. The van der Waals surface area contributed by atoms with Gasteiger partial charge in [0.15, 0.2) is 10.1 Å². The fourth-order valence-electron chi connectivity index (χ4n) is 6.11. The number of aromatic nitrogens is 1. The summed E-state index contributed by atoms with van der Waals surface area (Å²) in [6.45, 7) is 0. The zero-order valence-corrected chi connectivity index (χ0v) is 24.3. The molecule has 1 aromatic heterocycles. The summed E-state index contributed by atoms with van der Waals surface area (Å²) in [6.07, 6.45) is 4.22. The molecule has 0 atom stereocenters. The Bertz CT molecular complexity index is 1860. The van der Waals surface area contributed by atoms with Crippen LogP contribution >= 0.6 is 11.6 Å². The van der Waals surface area contributed by atoms with Crippen molar-refractivity contribution in [3.63, 3.8) is 0 Å². The van der Waals surface area contributed by atoms with Crippen molar-refractivity contribution in [3.05, 3.63) is 130 Å². The highest BCUT2D eigenvalue weighted by Crippen LogP contribution is 2.45. The quantitative estimate of drug-likeness (QED) is 0.115. The van der Waals surface area contributed by atoms with Crippen LogP contribution in [-0.2, 0) is 35.8 Å². The van der Waals surface area contributed by atoms with Gasteiger partial charge in [-0.1, -0.05) is 78.3 Å². The summed E-state index contributed by atoms with van der Waals surface area (Å²) in [6, 6.07) is 37.2. The molecule has 218 valence electrons. The maximum atomic E-state index is 10.7. The summed E-state index contributed by atoms with van der Waals surface area (Å²) in [5.74, 6) is 0. The van der Waals surface area contributed by atoms with Gasteiger partial charge in [0.2, 0.25) is 17.1 Å². The SMILES string of the molecule is Clc1ccc(-[n+]2c3c(c(-c4ccccc4)c4c2-c2ccccc2CC4)CCc2ccccc2-3)cc1.O=S(=O)([O-])C(F)(F)F. The standard InChI is InChI=1S/C33H25ClN.CHF3O3S/c34-25-16-18-26(19-17-25)35-32-27-12-6-4-8-22(27)14-20-29(32)31(24-10-2-1-3-11-24)30-21-15-23-9-5-7-13-28(23)33(30)35;2-1(3,4)8(5,6)7/h1-13,16-19H,14-15,20-21H2;(H,5,6,7)/q+1;/p-1. The molecule has 0 radical (unpaired) electrons. The average molecular weight is 620 g/mol. The molecule has 2 aliphatic carbocycles. The van der Waals surface area contributed by atoms with Crippen molar-refractivity contribution in [3.8, 4) is 39.3 Å². The van der Waals surface area contributed by atoms with E-state index < -0.39 is 15.6 Å². The van der Waals surface area contributed by atoms with Gasteiger partial charge in [-0.05, 0) is 66.6 Å². The number of nitrogens with zero attached hydrogens (tertiary/aromatic N) is 1. The average Bonchev–Trinajstić information content (AvgIpc) is 3.00. The summed E-state index contributed by atoms with van der Waals surface area (Å²) in [4.78, 5) is 0. The van der Waals surface area contributed by atoms with Crippen LogP contribution in [0.15, 0.2) is 103 Å². The van der Waals surface area contributed by atoms with E-state index in [4.69, 9.17) is 24.6 Å². The van der Waals surface area contributed by atoms with Gasteiger partial charge in [0.25, 0.3) is 0 Å². The second-order valence-electron chi connectivity index (χ2n) is 10.4. The van der Waals surface area contributed by atoms with E-state index in [1.165, 1.54) is 55.9 Å². The van der Waals surface area contributed by atoms with Crippen molar-refractivity contribution in [2.75, 3.05) is 0 Å². The van der Waals surface area contributed by atoms with E-state index in [2.05, 4.69) is 95.6 Å². The lowest BCUT2D eigenvalue weighted by Gasteiger charge is -2.28. The maximum Gasteiger partial charge on any atom is 0.485 e. The Balaban J connectivity index is 0.000000365. The zero-order chi connectivity index (χ0) is 30.4. The van der Waals surface area contributed by atoms with Crippen molar-refractivity contribution < 1.29 is 30.7 Å². The molecular formula is C34H25ClF3NO3S. The molecule has 0 bridgehead atoms. The molecule has 5 aromatic rings. The minimum Gasteiger partial charge on any atom is -0.741 e. The Morgan fingerprint density at radius 1 is 0.651 bits per heavy atom. The number of hydrogen-bond donors (Lipinski definition) is 0. The van der Waals surface area contributed by atoms with Crippen LogP contribution in [0, 0.1) is 0 Å². The molecule has 0 unspecified atom stereocenters. The van der Waals surface area contributed by atoms with Crippen LogP contribution in [0.2, 0.25) is 5.02 Å². The molecule has 4 nitrogen and oxygen atoms in total. The Morgan fingerprint density at radius 3 is 1.56 bits per heavy atom. The second kappa shape index (κ2) is 11.3. The van der Waals surface area contributed by atoms with Gasteiger partial charge in [0.05, 0.1) is 11.1 Å². The number of aryl methyl sites for hydroxylation is 2. The van der Waals surface area contributed by atoms with E-state index in [0.717, 1.165) is 36.4 Å². The molecule has 0 N–H and O–H groups in total. The van der Waals surface area contributed by atoms with Crippen molar-refractivity contribution in [1.29, 1.82) is 0 Å². The van der Waals surface area contributed by atoms with Gasteiger partial charge in [0, 0.05) is 33.8 Å². The molecule has 2 aliphatic rings. The number of benzene rings is 4. The molecule has 9 heteroatoms. The van der Waals surface area contributed by atoms with Crippen LogP contribution < -0.4 is 4.57 Å². The number of alkyl halides is 3. The van der Waals surface area contributed by atoms with E-state index in [1.54, 1.807) is 0 Å². The molecule has 4 aromatic carbocycles. The smallest absolute Gasteiger partial charge is 0.485 e. The summed E-state index contributed by atoms with van der Waals surface area (Å²) in [5.41, 5.74) is 9.36. The van der Waals surface area contributed by atoms with Crippen molar-refractivity contribution in [1.82, 2.24) is 0 Å². The van der Waals surface area contributed by atoms with Crippen molar-refractivity contribution >= 4 is 21.7 Å². The van der Waals surface area contributed by atoms with Gasteiger partial charge in [-0.25, -0.2) is 8.42 Å². The molecule has 0 saturated carbocycles. The van der Waals surface area contributed by atoms with Crippen LogP contribution in [0.5, 0.6) is 0 Å². The number of rotatable bonds is 2. The molecule has 0 aliphatic heterocycles. The number of fused-ring (bicyclic) bond motifs is 6. The van der Waals surface area contributed by atoms with Crippen molar-refractivity contribution in [2.45, 2.75) is 31.2 Å². The number of pyridine rings is 1. The Kier molecular flexibility index (Phi) is 7.62. The molecule has 0 saturated heterocycles. The van der Waals surface area contributed by atoms with Crippen LogP contribution in [-0.4, -0.2) is 18.5 Å². The first kappa shape index (κ1) is 29.1. The van der Waals surface area contributed by atoms with E-state index in [1.807, 2.05) is 12.1 Å². The van der Waals surface area contributed by atoms with E-state index in [0.29, 0.717) is 0 Å². The lowest BCUT2D eigenvalue weighted by molar-refractivity contribution is -0.573. The topological polar surface area (TPSA) is 61.1 Å². The van der Waals surface area contributed by atoms with Gasteiger partial charge in [-0.3, -0.25) is 0 Å². The summed E-state index contributed by atoms with van der Waals surface area (Å²) in [7, 11) is -6.09. The molecule has 0 spiro atoms. The highest BCUT2D eigenvalue weighted by atomic mass is 35.5. The van der Waals surface area contributed by atoms with Gasteiger partial charge in [-0.15, -0.1) is 0 Å². The lowest BCUT2D eigenvalue weighted by Crippen LogP contribution is -2.41. The van der Waals surface area contributed by atoms with Crippen LogP contribution in [0.25, 0.3) is 39.3 Å². The normalized spacial score (nSPS) is 13.5. The second-order valence-corrected chi connectivity index (χ2v) is 12.2. The predicted octanol–water partition coefficient (Wildman–Crippen LogP) is 7.87. The fraction of sp³-hybridized carbons (Fsp3) is 0.147. The molecule has 43 heavy (non-hydrogen) atoms. The maximum absolute atomic E-state index is 10.7. The van der Waals surface area contributed by atoms with Crippen molar-refractivity contribution in [2.24, 2.45) is 0 Å². The van der Waals surface area contributed by atoms with Gasteiger partial charge in [0.1, 0.15) is 0 Å². The van der Waals surface area contributed by atoms with Crippen LogP contribution in [0.1, 0.15) is 22.3 Å². The first-order valence-corrected chi connectivity index (χ1v) is 15.5. The van der Waals surface area contributed by atoms with E-state index in [9.17, 15) is 13.2 Å². The Hall–Kier alpha value is -3.98. The van der Waals surface area contributed by atoms with E-state index in [-0.39, 0.29) is 0 Å². The first-order chi connectivity index (χ1) is 20.5. The minimum atomic E-state index is -6.09. The largest absolute Gasteiger partial charge is 0.741 e. The fourth-order valence-corrected chi connectivity index (χ4v) is 6.24. The third-order valence-corrected chi connectivity index (χ3v) is 8.71. The van der Waals surface area contributed by atoms with Gasteiger partial charge >= 0.3 is 5.51 Å². The minimum absolute atomic E-state index is 0.763. The van der Waals surface area contributed by atoms with Gasteiger partial charge in [-0.2, -0.15) is 17.7 Å². The summed E-state index contributed by atoms with van der Waals surface area (Å²) >= 11 is 6.34. The zero-order valence-electron chi connectivity index (χ0n) is 22.7. The molecule has 0 fully saturated rings. The lowest BCUT2D eigenvalue weighted by atomic mass is 9.77. The summed E-state index contributed by atoms with van der Waals surface area (Å²) < 4.78 is 61.4. The van der Waals surface area contributed by atoms with Crippen LogP contribution in [0.3, 0.4) is 0 Å².